The van der Waals surface area contributed by atoms with Gasteiger partial charge in [0.15, 0.2) is 5.16 Å². The quantitative estimate of drug-likeness (QED) is 0.624. The number of rotatable bonds is 3. The molecule has 1 atom stereocenters. The van der Waals surface area contributed by atoms with Crippen LogP contribution in [0, 0.1) is 0 Å². The largest absolute Gasteiger partial charge is 0.444 e. The second-order valence-corrected chi connectivity index (χ2v) is 7.51. The van der Waals surface area contributed by atoms with E-state index in [1.165, 1.54) is 11.8 Å². The highest BCUT2D eigenvalue weighted by atomic mass is 32.2. The number of thioether (sulfide) groups is 1. The number of nitrogens with zero attached hydrogens (tertiary/aromatic N) is 4. The first-order valence-electron chi connectivity index (χ1n) is 7.88. The molecule has 0 unspecified atom stereocenters. The molecule has 1 saturated heterocycles. The van der Waals surface area contributed by atoms with Gasteiger partial charge >= 0.3 is 6.09 Å². The number of hydrogen-bond donors (Lipinski definition) is 0. The summed E-state index contributed by atoms with van der Waals surface area (Å²) in [5.41, 5.74) is -0.462. The number of piperidine rings is 1. The Labute approximate surface area is 142 Å². The van der Waals surface area contributed by atoms with Crippen molar-refractivity contribution < 1.29 is 9.53 Å². The topological polar surface area (TPSA) is 58.6 Å². The number of aromatic nitrogens is 2. The van der Waals surface area contributed by atoms with Gasteiger partial charge in [0, 0.05) is 32.4 Å². The van der Waals surface area contributed by atoms with Crippen LogP contribution in [0.4, 0.5) is 10.6 Å². The van der Waals surface area contributed by atoms with Crippen molar-refractivity contribution in [2.24, 2.45) is 0 Å². The molecule has 0 aliphatic carbocycles. The van der Waals surface area contributed by atoms with Crippen LogP contribution in [0.25, 0.3) is 0 Å². The third-order valence-electron chi connectivity index (χ3n) is 3.76. The summed E-state index contributed by atoms with van der Waals surface area (Å²) in [6, 6.07) is 2.15. The van der Waals surface area contributed by atoms with Crippen LogP contribution in [0.1, 0.15) is 33.6 Å². The average Bonchev–Trinajstić information content (AvgIpc) is 2.52. The summed E-state index contributed by atoms with van der Waals surface area (Å²) in [4.78, 5) is 25.0. The molecule has 6 nitrogen and oxygen atoms in total. The molecule has 1 aromatic rings. The highest BCUT2D eigenvalue weighted by molar-refractivity contribution is 7.98. The maximum atomic E-state index is 12.3. The lowest BCUT2D eigenvalue weighted by Crippen LogP contribution is -2.50. The van der Waals surface area contributed by atoms with Gasteiger partial charge in [-0.2, -0.15) is 0 Å². The van der Waals surface area contributed by atoms with Crippen molar-refractivity contribution in [3.8, 4) is 0 Å². The molecule has 2 rings (SSSR count). The molecule has 128 valence electrons. The normalized spacial score (nSPS) is 18.7. The summed E-state index contributed by atoms with van der Waals surface area (Å²) in [7, 11) is 2.02. The standard InChI is InChI=1S/C16H26N4O2S/c1-16(2,3)22-15(21)20-10-6-7-12(11-20)19(4)13-8-9-17-14(18-13)23-5/h8-9,12H,6-7,10-11H2,1-5H3/t12-/m1/s1. The molecule has 0 bridgehead atoms. The third-order valence-corrected chi connectivity index (χ3v) is 4.32. The van der Waals surface area contributed by atoms with Gasteiger partial charge in [-0.3, -0.25) is 0 Å². The summed E-state index contributed by atoms with van der Waals surface area (Å²) < 4.78 is 5.49. The second kappa shape index (κ2) is 7.38. The monoisotopic (exact) mass is 338 g/mol. The van der Waals surface area contributed by atoms with Crippen LogP contribution in [0.5, 0.6) is 0 Å². The summed E-state index contributed by atoms with van der Waals surface area (Å²) in [5, 5.41) is 0.758. The van der Waals surface area contributed by atoms with E-state index in [-0.39, 0.29) is 12.1 Å². The van der Waals surface area contributed by atoms with Crippen molar-refractivity contribution in [3.05, 3.63) is 12.3 Å². The lowest BCUT2D eigenvalue weighted by Gasteiger charge is -2.38. The van der Waals surface area contributed by atoms with Crippen molar-refractivity contribution in [1.82, 2.24) is 14.9 Å². The first-order chi connectivity index (χ1) is 10.8. The zero-order valence-electron chi connectivity index (χ0n) is 14.6. The van der Waals surface area contributed by atoms with Crippen molar-refractivity contribution >= 4 is 23.7 Å². The molecule has 0 spiro atoms. The van der Waals surface area contributed by atoms with Gasteiger partial charge in [-0.05, 0) is 45.9 Å². The maximum absolute atomic E-state index is 12.3. The van der Waals surface area contributed by atoms with Crippen molar-refractivity contribution in [2.75, 3.05) is 31.3 Å². The molecule has 23 heavy (non-hydrogen) atoms. The Morgan fingerprint density at radius 2 is 2.22 bits per heavy atom. The molecule has 0 radical (unpaired) electrons. The predicted molar refractivity (Wildman–Crippen MR) is 93.0 cm³/mol. The molecule has 1 aromatic heterocycles. The van der Waals surface area contributed by atoms with Gasteiger partial charge in [-0.15, -0.1) is 0 Å². The van der Waals surface area contributed by atoms with E-state index in [0.717, 1.165) is 30.4 Å². The van der Waals surface area contributed by atoms with Gasteiger partial charge in [0.05, 0.1) is 0 Å². The molecular weight excluding hydrogens is 312 g/mol. The smallest absolute Gasteiger partial charge is 0.410 e. The van der Waals surface area contributed by atoms with E-state index in [1.54, 1.807) is 11.1 Å². The Balaban J connectivity index is 2.03. The highest BCUT2D eigenvalue weighted by Gasteiger charge is 2.29. The fraction of sp³-hybridized carbons (Fsp3) is 0.688. The SMILES string of the molecule is CSc1nccc(N(C)[C@@H]2CCCN(C(=O)OC(C)(C)C)C2)n1. The van der Waals surface area contributed by atoms with Crippen LogP contribution in [0.15, 0.2) is 17.4 Å². The fourth-order valence-electron chi connectivity index (χ4n) is 2.58. The van der Waals surface area contributed by atoms with Crippen LogP contribution in [0.3, 0.4) is 0 Å². The Morgan fingerprint density at radius 1 is 1.48 bits per heavy atom. The zero-order valence-corrected chi connectivity index (χ0v) is 15.4. The summed E-state index contributed by atoms with van der Waals surface area (Å²) in [6.07, 6.45) is 5.51. The zero-order chi connectivity index (χ0) is 17.0. The maximum Gasteiger partial charge on any atom is 0.410 e. The van der Waals surface area contributed by atoms with Gasteiger partial charge in [0.2, 0.25) is 0 Å². The van der Waals surface area contributed by atoms with Crippen molar-refractivity contribution in [1.29, 1.82) is 0 Å². The molecule has 0 saturated carbocycles. The minimum absolute atomic E-state index is 0.233. The van der Waals surface area contributed by atoms with E-state index in [9.17, 15) is 4.79 Å². The van der Waals surface area contributed by atoms with E-state index in [4.69, 9.17) is 4.74 Å². The lowest BCUT2D eigenvalue weighted by atomic mass is 10.0. The highest BCUT2D eigenvalue weighted by Crippen LogP contribution is 2.22. The lowest BCUT2D eigenvalue weighted by molar-refractivity contribution is 0.0199. The molecular formula is C16H26N4O2S. The second-order valence-electron chi connectivity index (χ2n) is 6.73. The molecule has 7 heteroatoms. The number of likely N-dealkylation sites (tertiary alicyclic amines) is 1. The van der Waals surface area contributed by atoms with E-state index in [1.807, 2.05) is 40.1 Å². The van der Waals surface area contributed by atoms with Crippen LogP contribution < -0.4 is 4.90 Å². The summed E-state index contributed by atoms with van der Waals surface area (Å²) in [6.45, 7) is 7.08. The predicted octanol–water partition coefficient (Wildman–Crippen LogP) is 3.03. The minimum atomic E-state index is -0.462. The third kappa shape index (κ3) is 4.99. The van der Waals surface area contributed by atoms with E-state index >= 15 is 0 Å². The van der Waals surface area contributed by atoms with E-state index < -0.39 is 5.60 Å². The molecule has 1 aliphatic rings. The number of anilines is 1. The summed E-state index contributed by atoms with van der Waals surface area (Å²) >= 11 is 1.53. The van der Waals surface area contributed by atoms with E-state index in [2.05, 4.69) is 14.9 Å². The van der Waals surface area contributed by atoms with Gasteiger partial charge in [-0.1, -0.05) is 11.8 Å². The molecule has 2 heterocycles. The van der Waals surface area contributed by atoms with Crippen LogP contribution in [0.2, 0.25) is 0 Å². The number of carbonyl (C=O) groups is 1. The van der Waals surface area contributed by atoms with E-state index in [0.29, 0.717) is 6.54 Å². The molecule has 1 aliphatic heterocycles. The molecule has 0 N–H and O–H groups in total. The first-order valence-corrected chi connectivity index (χ1v) is 9.10. The van der Waals surface area contributed by atoms with Crippen LogP contribution in [-0.4, -0.2) is 59.0 Å². The fourth-order valence-corrected chi connectivity index (χ4v) is 2.93. The number of ether oxygens (including phenoxy) is 1. The van der Waals surface area contributed by atoms with Gasteiger partial charge in [0.1, 0.15) is 11.4 Å². The van der Waals surface area contributed by atoms with Crippen molar-refractivity contribution in [3.63, 3.8) is 0 Å². The first kappa shape index (κ1) is 17.8. The minimum Gasteiger partial charge on any atom is -0.444 e. The van der Waals surface area contributed by atoms with Crippen LogP contribution >= 0.6 is 11.8 Å². The molecule has 0 aromatic carbocycles. The number of hydrogen-bond acceptors (Lipinski definition) is 6. The number of amides is 1. The number of likely N-dealkylation sites (N-methyl/N-ethyl adjacent to an activating group) is 1. The van der Waals surface area contributed by atoms with Crippen LogP contribution in [-0.2, 0) is 4.74 Å². The van der Waals surface area contributed by atoms with Gasteiger partial charge < -0.3 is 14.5 Å². The average molecular weight is 338 g/mol. The number of carbonyl (C=O) groups excluding carboxylic acids is 1. The Morgan fingerprint density at radius 3 is 2.87 bits per heavy atom. The molecule has 1 fully saturated rings. The molecule has 1 amide bonds. The summed E-state index contributed by atoms with van der Waals surface area (Å²) in [5.74, 6) is 0.889. The van der Waals surface area contributed by atoms with Gasteiger partial charge in [-0.25, -0.2) is 14.8 Å². The van der Waals surface area contributed by atoms with Gasteiger partial charge in [0.25, 0.3) is 0 Å². The Hall–Kier alpha value is -1.50. The Kier molecular flexibility index (Phi) is 5.73. The Bertz CT molecular complexity index is 547. The van der Waals surface area contributed by atoms with Crippen molar-refractivity contribution in [2.45, 2.75) is 50.4 Å².